The third kappa shape index (κ3) is 4.71. The maximum absolute atomic E-state index is 4.55. The van der Waals surface area contributed by atoms with Gasteiger partial charge in [0.05, 0.1) is 0 Å². The third-order valence-electron chi connectivity index (χ3n) is 3.11. The first-order chi connectivity index (χ1) is 10.9. The van der Waals surface area contributed by atoms with E-state index in [0.717, 1.165) is 22.6 Å². The standard InChI is InChI=1S/C14H10N3.C5H5.Fe/c1-2-4-11(3-1)13-7-10-16-14(17-13)12-5-8-15-9-6-12;1-2-4-5-3-1;/h1-10H;1-5H;/q2*-1;+2. The molecule has 0 aliphatic rings. The molecule has 2 heterocycles. The Kier molecular flexibility index (Phi) is 6.42. The Balaban J connectivity index is 0.000000276. The first kappa shape index (κ1) is 16.8. The summed E-state index contributed by atoms with van der Waals surface area (Å²) in [6.45, 7) is 0. The van der Waals surface area contributed by atoms with Crippen molar-refractivity contribution in [2.24, 2.45) is 0 Å². The first-order valence-corrected chi connectivity index (χ1v) is 7.06. The second-order valence-electron chi connectivity index (χ2n) is 4.64. The van der Waals surface area contributed by atoms with Gasteiger partial charge in [-0.2, -0.15) is 30.3 Å². The average molecular weight is 341 g/mol. The SMILES string of the molecule is [Fe+2].c1cc[c-](-c2ccnc(-c3ccncc3)n2)c1.c1cc[cH-]c1. The van der Waals surface area contributed by atoms with Crippen molar-refractivity contribution in [1.82, 2.24) is 15.0 Å². The van der Waals surface area contributed by atoms with Crippen molar-refractivity contribution in [2.75, 3.05) is 0 Å². The minimum absolute atomic E-state index is 0. The van der Waals surface area contributed by atoms with Gasteiger partial charge in [0.1, 0.15) is 0 Å². The fourth-order valence-corrected chi connectivity index (χ4v) is 2.03. The second-order valence-corrected chi connectivity index (χ2v) is 4.64. The Morgan fingerprint density at radius 3 is 2.13 bits per heavy atom. The normalized spacial score (nSPS) is 9.39. The number of hydrogen-bond acceptors (Lipinski definition) is 3. The molecule has 0 amide bonds. The smallest absolute Gasteiger partial charge is 0.265 e. The second kappa shape index (κ2) is 8.79. The van der Waals surface area contributed by atoms with Crippen LogP contribution in [0.1, 0.15) is 0 Å². The van der Waals surface area contributed by atoms with Crippen LogP contribution in [0.25, 0.3) is 22.6 Å². The van der Waals surface area contributed by atoms with Crippen molar-refractivity contribution in [3.63, 3.8) is 0 Å². The van der Waals surface area contributed by atoms with Crippen LogP contribution in [0.15, 0.2) is 91.4 Å². The maximum atomic E-state index is 4.55. The van der Waals surface area contributed by atoms with Gasteiger partial charge >= 0.3 is 17.1 Å². The van der Waals surface area contributed by atoms with Crippen LogP contribution in [0, 0.1) is 0 Å². The number of pyridine rings is 1. The Labute approximate surface area is 146 Å². The molecule has 0 saturated carbocycles. The van der Waals surface area contributed by atoms with Crippen molar-refractivity contribution >= 4 is 0 Å². The molecule has 0 unspecified atom stereocenters. The molecule has 0 aliphatic heterocycles. The number of hydrogen-bond donors (Lipinski definition) is 0. The average Bonchev–Trinajstić information content (AvgIpc) is 3.32. The van der Waals surface area contributed by atoms with E-state index < -0.39 is 0 Å². The van der Waals surface area contributed by atoms with Crippen molar-refractivity contribution < 1.29 is 17.1 Å². The van der Waals surface area contributed by atoms with E-state index in [0.29, 0.717) is 0 Å². The van der Waals surface area contributed by atoms with Crippen LogP contribution in [-0.2, 0) is 17.1 Å². The summed E-state index contributed by atoms with van der Waals surface area (Å²) in [5, 5.41) is 0. The minimum atomic E-state index is 0. The predicted molar refractivity (Wildman–Crippen MR) is 88.3 cm³/mol. The van der Waals surface area contributed by atoms with Crippen molar-refractivity contribution in [3.8, 4) is 22.6 Å². The van der Waals surface area contributed by atoms with Crippen LogP contribution in [0.5, 0.6) is 0 Å². The fourth-order valence-electron chi connectivity index (χ4n) is 2.03. The van der Waals surface area contributed by atoms with Crippen LogP contribution >= 0.6 is 0 Å². The summed E-state index contributed by atoms with van der Waals surface area (Å²) in [4.78, 5) is 12.8. The number of nitrogens with zero attached hydrogens (tertiary/aromatic N) is 3. The summed E-state index contributed by atoms with van der Waals surface area (Å²) in [5.74, 6) is 0.728. The molecule has 0 spiro atoms. The molecule has 0 radical (unpaired) electrons. The van der Waals surface area contributed by atoms with Gasteiger partial charge < -0.3 is 0 Å². The summed E-state index contributed by atoms with van der Waals surface area (Å²) >= 11 is 0. The van der Waals surface area contributed by atoms with Crippen molar-refractivity contribution in [3.05, 3.63) is 91.4 Å². The molecular formula is C19H15FeN3. The Bertz CT molecular complexity index is 761. The molecule has 0 saturated heterocycles. The first-order valence-electron chi connectivity index (χ1n) is 7.06. The molecule has 2 aromatic carbocycles. The van der Waals surface area contributed by atoms with Crippen molar-refractivity contribution in [2.45, 2.75) is 0 Å². The number of aromatic nitrogens is 3. The Morgan fingerprint density at radius 2 is 1.52 bits per heavy atom. The molecule has 0 N–H and O–H groups in total. The Morgan fingerprint density at radius 1 is 0.826 bits per heavy atom. The topological polar surface area (TPSA) is 38.7 Å². The van der Waals surface area contributed by atoms with E-state index in [-0.39, 0.29) is 17.1 Å². The van der Waals surface area contributed by atoms with E-state index in [2.05, 4.69) is 15.0 Å². The maximum Gasteiger partial charge on any atom is 2.00 e. The molecule has 0 bridgehead atoms. The molecule has 23 heavy (non-hydrogen) atoms. The van der Waals surface area contributed by atoms with Crippen LogP contribution in [0.3, 0.4) is 0 Å². The van der Waals surface area contributed by atoms with Crippen molar-refractivity contribution in [1.29, 1.82) is 0 Å². The van der Waals surface area contributed by atoms with Gasteiger partial charge in [0.2, 0.25) is 0 Å². The quantitative estimate of drug-likeness (QED) is 0.402. The number of rotatable bonds is 2. The van der Waals surface area contributed by atoms with Gasteiger partial charge in [0, 0.05) is 18.0 Å². The van der Waals surface area contributed by atoms with Gasteiger partial charge in [-0.3, -0.25) is 4.98 Å². The van der Waals surface area contributed by atoms with Crippen LogP contribution < -0.4 is 0 Å². The van der Waals surface area contributed by atoms with E-state index in [1.807, 2.05) is 72.8 Å². The zero-order chi connectivity index (χ0) is 15.0. The van der Waals surface area contributed by atoms with Gasteiger partial charge in [-0.1, -0.05) is 11.6 Å². The summed E-state index contributed by atoms with van der Waals surface area (Å²) in [6, 6.07) is 23.8. The molecule has 0 fully saturated rings. The largest absolute Gasteiger partial charge is 2.00 e. The van der Waals surface area contributed by atoms with Gasteiger partial charge in [0.25, 0.3) is 0 Å². The summed E-state index contributed by atoms with van der Waals surface area (Å²) in [7, 11) is 0. The van der Waals surface area contributed by atoms with Gasteiger partial charge in [-0.15, -0.1) is 12.1 Å². The van der Waals surface area contributed by atoms with E-state index in [1.165, 1.54) is 0 Å². The molecule has 4 heteroatoms. The van der Waals surface area contributed by atoms with E-state index in [1.54, 1.807) is 18.6 Å². The molecular weight excluding hydrogens is 326 g/mol. The van der Waals surface area contributed by atoms with E-state index in [9.17, 15) is 0 Å². The monoisotopic (exact) mass is 341 g/mol. The molecule has 2 aromatic heterocycles. The third-order valence-corrected chi connectivity index (χ3v) is 3.11. The fraction of sp³-hybridized carbons (Fsp3) is 0. The molecule has 4 aromatic rings. The van der Waals surface area contributed by atoms with Gasteiger partial charge in [-0.05, 0) is 24.0 Å². The summed E-state index contributed by atoms with van der Waals surface area (Å²) < 4.78 is 0. The zero-order valence-electron chi connectivity index (χ0n) is 12.4. The van der Waals surface area contributed by atoms with Gasteiger partial charge in [-0.25, -0.2) is 22.1 Å². The molecule has 114 valence electrons. The predicted octanol–water partition coefficient (Wildman–Crippen LogP) is 4.33. The molecule has 4 rings (SSSR count). The van der Waals surface area contributed by atoms with E-state index in [4.69, 9.17) is 0 Å². The molecule has 3 nitrogen and oxygen atoms in total. The van der Waals surface area contributed by atoms with Gasteiger partial charge in [0.15, 0.2) is 5.82 Å². The molecule has 0 aliphatic carbocycles. The van der Waals surface area contributed by atoms with Crippen LogP contribution in [0.2, 0.25) is 0 Å². The van der Waals surface area contributed by atoms with Crippen LogP contribution in [-0.4, -0.2) is 15.0 Å². The van der Waals surface area contributed by atoms with Crippen LogP contribution in [0.4, 0.5) is 0 Å². The summed E-state index contributed by atoms with van der Waals surface area (Å²) in [6.07, 6.45) is 5.27. The van der Waals surface area contributed by atoms with E-state index >= 15 is 0 Å². The summed E-state index contributed by atoms with van der Waals surface area (Å²) in [5.41, 5.74) is 3.04. The zero-order valence-corrected chi connectivity index (χ0v) is 13.5. The Hall–Kier alpha value is -2.55. The molecule has 0 atom stereocenters. The minimum Gasteiger partial charge on any atom is -0.265 e.